The first-order chi connectivity index (χ1) is 3.46. The van der Waals surface area contributed by atoms with Crippen LogP contribution in [-0.4, -0.2) is 9.08 Å². The zero-order valence-electron chi connectivity index (χ0n) is 5.27. The maximum atomic E-state index is 3.92. The van der Waals surface area contributed by atoms with Gasteiger partial charge in [-0.2, -0.15) is 10.2 Å². The number of halogens is 1. The van der Waals surface area contributed by atoms with Gasteiger partial charge in [-0.05, 0) is 20.8 Å². The van der Waals surface area contributed by atoms with E-state index in [1.807, 2.05) is 6.92 Å². The van der Waals surface area contributed by atoms with Crippen LogP contribution in [-0.2, 0) is 0 Å². The lowest BCUT2D eigenvalue weighted by Crippen LogP contribution is -2.29. The van der Waals surface area contributed by atoms with Crippen molar-refractivity contribution in [1.29, 1.82) is 0 Å². The molecule has 0 aromatic carbocycles. The molecule has 1 aliphatic heterocycles. The number of hydrogen-bond acceptors (Lipinski definition) is 2. The summed E-state index contributed by atoms with van der Waals surface area (Å²) >= 11 is 2.36. The van der Waals surface area contributed by atoms with Gasteiger partial charge in [-0.25, -0.2) is 0 Å². The summed E-state index contributed by atoms with van der Waals surface area (Å²) in [4.78, 5) is 0. The van der Waals surface area contributed by atoms with E-state index in [0.29, 0.717) is 0 Å². The Morgan fingerprint density at radius 2 is 1.75 bits per heavy atom. The molecule has 0 saturated carbocycles. The van der Waals surface area contributed by atoms with Crippen molar-refractivity contribution in [3.63, 3.8) is 0 Å². The van der Waals surface area contributed by atoms with Gasteiger partial charge in [-0.15, -0.1) is 0 Å². The van der Waals surface area contributed by atoms with E-state index in [9.17, 15) is 0 Å². The Morgan fingerprint density at radius 1 is 1.38 bits per heavy atom. The lowest BCUT2D eigenvalue weighted by atomic mass is 10.0. The fourth-order valence-electron chi connectivity index (χ4n) is 0.313. The zero-order chi connectivity index (χ0) is 6.41. The summed E-state index contributed by atoms with van der Waals surface area (Å²) in [6.45, 7) is 6.31. The molecule has 8 heavy (non-hydrogen) atoms. The molecular weight excluding hydrogens is 215 g/mol. The van der Waals surface area contributed by atoms with E-state index < -0.39 is 0 Å². The van der Waals surface area contributed by atoms with Crippen molar-refractivity contribution in [2.45, 2.75) is 29.9 Å². The van der Waals surface area contributed by atoms with Crippen LogP contribution in [0.2, 0.25) is 0 Å². The highest BCUT2D eigenvalue weighted by Crippen LogP contribution is 2.43. The van der Waals surface area contributed by atoms with Gasteiger partial charge in [0.1, 0.15) is 0 Å². The largest absolute Gasteiger partial charge is 0.202 e. The predicted molar refractivity (Wildman–Crippen MR) is 41.4 cm³/mol. The Balaban J connectivity index is 2.61. The van der Waals surface area contributed by atoms with Crippen LogP contribution < -0.4 is 0 Å². The number of nitrogens with zero attached hydrogens (tertiary/aromatic N) is 2. The fourth-order valence-corrected chi connectivity index (χ4v) is 0.529. The summed E-state index contributed by atoms with van der Waals surface area (Å²) in [5.41, 5.74) is -0.0758. The maximum Gasteiger partial charge on any atom is 0.202 e. The Labute approximate surface area is 62.9 Å². The highest BCUT2D eigenvalue weighted by atomic mass is 127. The van der Waals surface area contributed by atoms with Crippen molar-refractivity contribution in [1.82, 2.24) is 0 Å². The smallest absolute Gasteiger partial charge is 0.158 e. The molecule has 2 nitrogen and oxygen atoms in total. The highest BCUT2D eigenvalue weighted by molar-refractivity contribution is 14.1. The molecule has 0 amide bonds. The summed E-state index contributed by atoms with van der Waals surface area (Å²) in [6, 6.07) is 0. The Bertz CT molecular complexity index is 125. The first-order valence-electron chi connectivity index (χ1n) is 2.59. The van der Waals surface area contributed by atoms with Crippen LogP contribution in [0.25, 0.3) is 0 Å². The van der Waals surface area contributed by atoms with E-state index in [1.165, 1.54) is 0 Å². The van der Waals surface area contributed by atoms with Crippen molar-refractivity contribution in [2.24, 2.45) is 10.2 Å². The van der Waals surface area contributed by atoms with Crippen LogP contribution in [0.4, 0.5) is 0 Å². The Morgan fingerprint density at radius 3 is 1.75 bits per heavy atom. The quantitative estimate of drug-likeness (QED) is 0.482. The van der Waals surface area contributed by atoms with E-state index in [4.69, 9.17) is 0 Å². The number of rotatable bonds is 1. The molecule has 46 valence electrons. The minimum absolute atomic E-state index is 0.0758. The molecule has 0 aromatic rings. The van der Waals surface area contributed by atoms with Crippen LogP contribution >= 0.6 is 22.6 Å². The van der Waals surface area contributed by atoms with Crippen molar-refractivity contribution < 1.29 is 0 Å². The average Bonchev–Trinajstić information content (AvgIpc) is 2.16. The lowest BCUT2D eigenvalue weighted by molar-refractivity contribution is 0.541. The minimum atomic E-state index is -0.0758. The van der Waals surface area contributed by atoms with E-state index in [0.717, 1.165) is 0 Å². The average molecular weight is 224 g/mol. The van der Waals surface area contributed by atoms with E-state index in [1.54, 1.807) is 0 Å². The molecule has 1 heterocycles. The summed E-state index contributed by atoms with van der Waals surface area (Å²) < 4.78 is 0.185. The molecule has 0 aliphatic carbocycles. The van der Waals surface area contributed by atoms with Crippen molar-refractivity contribution in [3.05, 3.63) is 0 Å². The van der Waals surface area contributed by atoms with Crippen LogP contribution in [0, 0.1) is 0 Å². The molecule has 0 spiro atoms. The Hall–Kier alpha value is 0.330. The summed E-state index contributed by atoms with van der Waals surface area (Å²) in [7, 11) is 0. The summed E-state index contributed by atoms with van der Waals surface area (Å²) in [5.74, 6) is 0. The van der Waals surface area contributed by atoms with Gasteiger partial charge in [0.15, 0.2) is 0 Å². The second kappa shape index (κ2) is 1.43. The summed E-state index contributed by atoms with van der Waals surface area (Å²) in [5, 5.41) is 7.85. The van der Waals surface area contributed by atoms with Crippen molar-refractivity contribution in [2.75, 3.05) is 0 Å². The number of alkyl halides is 1. The van der Waals surface area contributed by atoms with E-state index >= 15 is 0 Å². The predicted octanol–water partition coefficient (Wildman–Crippen LogP) is 2.38. The second-order valence-electron chi connectivity index (χ2n) is 2.69. The fraction of sp³-hybridized carbons (Fsp3) is 1.00. The van der Waals surface area contributed by atoms with Gasteiger partial charge < -0.3 is 0 Å². The minimum Gasteiger partial charge on any atom is -0.158 e. The van der Waals surface area contributed by atoms with Crippen LogP contribution in [0.15, 0.2) is 10.2 Å². The standard InChI is InChI=1S/C5H9IN2/c1-4(2,6)5(3)7-8-5/h1-3H3. The highest BCUT2D eigenvalue weighted by Gasteiger charge is 2.47. The third-order valence-corrected chi connectivity index (χ3v) is 2.55. The van der Waals surface area contributed by atoms with Gasteiger partial charge in [-0.3, -0.25) is 0 Å². The molecule has 0 aromatic heterocycles. The number of hydrogen-bond donors (Lipinski definition) is 0. The molecule has 0 atom stereocenters. The van der Waals surface area contributed by atoms with Gasteiger partial charge in [0.2, 0.25) is 5.66 Å². The molecule has 0 saturated heterocycles. The van der Waals surface area contributed by atoms with E-state index in [-0.39, 0.29) is 9.08 Å². The maximum absolute atomic E-state index is 3.92. The molecule has 0 radical (unpaired) electrons. The van der Waals surface area contributed by atoms with Crippen LogP contribution in [0.5, 0.6) is 0 Å². The van der Waals surface area contributed by atoms with Crippen molar-refractivity contribution >= 4 is 22.6 Å². The first-order valence-corrected chi connectivity index (χ1v) is 3.66. The SMILES string of the molecule is CC(C)(I)C1(C)N=N1. The van der Waals surface area contributed by atoms with E-state index in [2.05, 4.69) is 46.7 Å². The Kier molecular flexibility index (Phi) is 1.15. The third kappa shape index (κ3) is 0.876. The molecule has 0 bridgehead atoms. The van der Waals surface area contributed by atoms with Crippen LogP contribution in [0.1, 0.15) is 20.8 Å². The third-order valence-electron chi connectivity index (χ3n) is 1.53. The van der Waals surface area contributed by atoms with Crippen molar-refractivity contribution in [3.8, 4) is 0 Å². The van der Waals surface area contributed by atoms with Gasteiger partial charge in [0.05, 0.1) is 3.42 Å². The lowest BCUT2D eigenvalue weighted by Gasteiger charge is -2.18. The van der Waals surface area contributed by atoms with Gasteiger partial charge in [0.25, 0.3) is 0 Å². The zero-order valence-corrected chi connectivity index (χ0v) is 7.43. The molecule has 3 heteroatoms. The topological polar surface area (TPSA) is 24.7 Å². The monoisotopic (exact) mass is 224 g/mol. The van der Waals surface area contributed by atoms with Crippen LogP contribution in [0.3, 0.4) is 0 Å². The second-order valence-corrected chi connectivity index (χ2v) is 5.39. The molecule has 1 rings (SSSR count). The molecule has 0 unspecified atom stereocenters. The van der Waals surface area contributed by atoms with Gasteiger partial charge >= 0.3 is 0 Å². The molecule has 0 N–H and O–H groups in total. The van der Waals surface area contributed by atoms with Gasteiger partial charge in [0, 0.05) is 0 Å². The first kappa shape index (κ1) is 6.45. The molecular formula is C5H9IN2. The molecule has 1 aliphatic rings. The summed E-state index contributed by atoms with van der Waals surface area (Å²) in [6.07, 6.45) is 0. The molecule has 0 fully saturated rings. The van der Waals surface area contributed by atoms with Gasteiger partial charge in [-0.1, -0.05) is 22.6 Å². The normalized spacial score (nSPS) is 23.5.